The normalized spacial score (nSPS) is 11.7. The zero-order valence-electron chi connectivity index (χ0n) is 17.0. The fourth-order valence-electron chi connectivity index (χ4n) is 2.55. The molecule has 1 amide bonds. The fourth-order valence-corrected chi connectivity index (χ4v) is 3.09. The summed E-state index contributed by atoms with van der Waals surface area (Å²) in [6, 6.07) is 9.54. The molecule has 0 aliphatic rings. The number of aromatic nitrogens is 2. The number of benzene rings is 1. The summed E-state index contributed by atoms with van der Waals surface area (Å²) < 4.78 is 18.6. The number of nitrogens with one attached hydrogen (secondary N) is 2. The van der Waals surface area contributed by atoms with Gasteiger partial charge in [-0.1, -0.05) is 30.3 Å². The molecular weight excluding hydrogens is 408 g/mol. The number of esters is 1. The van der Waals surface area contributed by atoms with Crippen LogP contribution < -0.4 is 15.4 Å². The molecule has 164 valence electrons. The lowest BCUT2D eigenvalue weighted by atomic mass is 10.1. The van der Waals surface area contributed by atoms with Crippen LogP contribution in [0.5, 0.6) is 5.88 Å². The third kappa shape index (κ3) is 9.29. The predicted molar refractivity (Wildman–Crippen MR) is 112 cm³/mol. The van der Waals surface area contributed by atoms with Crippen LogP contribution in [0.25, 0.3) is 0 Å². The van der Waals surface area contributed by atoms with Crippen molar-refractivity contribution in [1.29, 1.82) is 0 Å². The summed E-state index contributed by atoms with van der Waals surface area (Å²) >= 11 is 0.996. The van der Waals surface area contributed by atoms with E-state index in [2.05, 4.69) is 19.4 Å². The smallest absolute Gasteiger partial charge is 0.306 e. The van der Waals surface area contributed by atoms with Crippen LogP contribution in [0.1, 0.15) is 24.6 Å². The molecule has 0 saturated carbocycles. The minimum atomic E-state index is -0.746. The van der Waals surface area contributed by atoms with Crippen LogP contribution in [-0.2, 0) is 27.2 Å². The van der Waals surface area contributed by atoms with Gasteiger partial charge in [-0.25, -0.2) is 0 Å². The van der Waals surface area contributed by atoms with Crippen LogP contribution in [-0.4, -0.2) is 64.7 Å². The average molecular weight is 437 g/mol. The molecule has 0 aliphatic heterocycles. The van der Waals surface area contributed by atoms with Gasteiger partial charge in [0.2, 0.25) is 11.8 Å². The number of amides is 1. The second-order valence-corrected chi connectivity index (χ2v) is 7.03. The van der Waals surface area contributed by atoms with E-state index < -0.39 is 6.10 Å². The monoisotopic (exact) mass is 436 g/mol. The lowest BCUT2D eigenvalue weighted by Crippen LogP contribution is -2.37. The van der Waals surface area contributed by atoms with Gasteiger partial charge in [-0.05, 0) is 12.5 Å². The molecule has 0 fully saturated rings. The molecule has 1 aromatic carbocycles. The van der Waals surface area contributed by atoms with E-state index in [0.717, 1.165) is 17.3 Å². The fraction of sp³-hybridized carbons (Fsp3) is 0.500. The molecule has 9 nitrogen and oxygen atoms in total. The van der Waals surface area contributed by atoms with Gasteiger partial charge in [-0.3, -0.25) is 9.59 Å². The molecule has 3 N–H and O–H groups in total. The van der Waals surface area contributed by atoms with Crippen molar-refractivity contribution in [1.82, 2.24) is 19.4 Å². The third-order valence-corrected chi connectivity index (χ3v) is 4.57. The Bertz CT molecular complexity index is 772. The molecule has 30 heavy (non-hydrogen) atoms. The number of hydrogen-bond donors (Lipinski definition) is 3. The van der Waals surface area contributed by atoms with E-state index in [1.165, 1.54) is 0 Å². The van der Waals surface area contributed by atoms with Gasteiger partial charge in [0.15, 0.2) is 0 Å². The van der Waals surface area contributed by atoms with Gasteiger partial charge in [0.05, 0.1) is 31.2 Å². The molecule has 0 bridgehead atoms. The van der Waals surface area contributed by atoms with Gasteiger partial charge in [0, 0.05) is 26.1 Å². The van der Waals surface area contributed by atoms with E-state index in [1.54, 1.807) is 6.92 Å². The third-order valence-electron chi connectivity index (χ3n) is 4.02. The number of rotatable bonds is 14. The molecule has 0 radical (unpaired) electrons. The second-order valence-electron chi connectivity index (χ2n) is 6.50. The SMILES string of the molecule is CCOC(=O)CCc1nsnc1OCC(O)CNCCNC(=O)Cc1ccccc1. The van der Waals surface area contributed by atoms with Crippen molar-refractivity contribution < 1.29 is 24.2 Å². The summed E-state index contributed by atoms with van der Waals surface area (Å²) in [4.78, 5) is 23.3. The van der Waals surface area contributed by atoms with E-state index in [-0.39, 0.29) is 24.9 Å². The highest BCUT2D eigenvalue weighted by Gasteiger charge is 2.14. The Morgan fingerprint density at radius 3 is 2.77 bits per heavy atom. The van der Waals surface area contributed by atoms with E-state index in [1.807, 2.05) is 30.3 Å². The van der Waals surface area contributed by atoms with E-state index in [0.29, 0.717) is 50.7 Å². The predicted octanol–water partition coefficient (Wildman–Crippen LogP) is 0.722. The highest BCUT2D eigenvalue weighted by molar-refractivity contribution is 6.99. The zero-order valence-corrected chi connectivity index (χ0v) is 17.8. The van der Waals surface area contributed by atoms with Crippen molar-refractivity contribution in [2.24, 2.45) is 0 Å². The molecule has 0 saturated heterocycles. The van der Waals surface area contributed by atoms with Gasteiger partial charge in [-0.2, -0.15) is 4.37 Å². The van der Waals surface area contributed by atoms with E-state index >= 15 is 0 Å². The van der Waals surface area contributed by atoms with Crippen LogP contribution in [0.2, 0.25) is 0 Å². The van der Waals surface area contributed by atoms with Gasteiger partial charge in [0.25, 0.3) is 0 Å². The van der Waals surface area contributed by atoms with E-state index in [4.69, 9.17) is 9.47 Å². The minimum Gasteiger partial charge on any atom is -0.473 e. The van der Waals surface area contributed by atoms with Crippen LogP contribution >= 0.6 is 11.7 Å². The summed E-state index contributed by atoms with van der Waals surface area (Å²) in [6.45, 7) is 3.45. The molecule has 2 aromatic rings. The van der Waals surface area contributed by atoms with Crippen molar-refractivity contribution >= 4 is 23.6 Å². The number of aryl methyl sites for hydroxylation is 1. The lowest BCUT2D eigenvalue weighted by Gasteiger charge is -2.13. The van der Waals surface area contributed by atoms with Gasteiger partial charge < -0.3 is 25.2 Å². The first-order valence-electron chi connectivity index (χ1n) is 9.87. The molecule has 0 aliphatic carbocycles. The van der Waals surface area contributed by atoms with Crippen LogP contribution in [0.15, 0.2) is 30.3 Å². The van der Waals surface area contributed by atoms with Crippen molar-refractivity contribution in [2.45, 2.75) is 32.3 Å². The number of carbonyl (C=O) groups excluding carboxylic acids is 2. The van der Waals surface area contributed by atoms with Crippen LogP contribution in [0, 0.1) is 0 Å². The molecule has 1 aromatic heterocycles. The van der Waals surface area contributed by atoms with Crippen molar-refractivity contribution in [3.8, 4) is 5.88 Å². The molecule has 0 spiro atoms. The minimum absolute atomic E-state index is 0.0433. The lowest BCUT2D eigenvalue weighted by molar-refractivity contribution is -0.143. The van der Waals surface area contributed by atoms with Crippen LogP contribution in [0.4, 0.5) is 0 Å². The first-order chi connectivity index (χ1) is 14.6. The number of aliphatic hydroxyl groups excluding tert-OH is 1. The summed E-state index contributed by atoms with van der Waals surface area (Å²) in [7, 11) is 0. The Kier molecular flexibility index (Phi) is 10.8. The summed E-state index contributed by atoms with van der Waals surface area (Å²) in [6.07, 6.45) is 0.180. The van der Waals surface area contributed by atoms with Gasteiger partial charge >= 0.3 is 5.97 Å². The Hall–Kier alpha value is -2.56. The standard InChI is InChI=1S/C20H28N4O5S/c1-2-28-19(27)9-8-17-20(24-30-23-17)29-14-16(25)13-21-10-11-22-18(26)12-15-6-4-3-5-7-15/h3-7,16,21,25H,2,8-14H2,1H3,(H,22,26). The molecule has 2 rings (SSSR count). The molecule has 1 heterocycles. The van der Waals surface area contributed by atoms with Crippen molar-refractivity contribution in [3.63, 3.8) is 0 Å². The maximum absolute atomic E-state index is 11.9. The maximum atomic E-state index is 11.9. The molecule has 1 unspecified atom stereocenters. The zero-order chi connectivity index (χ0) is 21.6. The first kappa shape index (κ1) is 23.7. The molecule has 10 heteroatoms. The second kappa shape index (κ2) is 13.6. The number of aliphatic hydroxyl groups is 1. The Labute approximate surface area is 180 Å². The van der Waals surface area contributed by atoms with Crippen molar-refractivity contribution in [2.75, 3.05) is 32.8 Å². The van der Waals surface area contributed by atoms with Gasteiger partial charge in [-0.15, -0.1) is 4.37 Å². The first-order valence-corrected chi connectivity index (χ1v) is 10.6. The summed E-state index contributed by atoms with van der Waals surface area (Å²) in [5, 5.41) is 15.9. The average Bonchev–Trinajstić information content (AvgIpc) is 3.19. The maximum Gasteiger partial charge on any atom is 0.306 e. The van der Waals surface area contributed by atoms with Gasteiger partial charge in [0.1, 0.15) is 18.4 Å². The summed E-state index contributed by atoms with van der Waals surface area (Å²) in [5.74, 6) is -0.00803. The largest absolute Gasteiger partial charge is 0.473 e. The Balaban J connectivity index is 1.56. The highest BCUT2D eigenvalue weighted by atomic mass is 32.1. The number of nitrogens with zero attached hydrogens (tertiary/aromatic N) is 2. The number of hydrogen-bond acceptors (Lipinski definition) is 9. The number of carbonyl (C=O) groups is 2. The number of ether oxygens (including phenoxy) is 2. The molecular formula is C20H28N4O5S. The summed E-state index contributed by atoms with van der Waals surface area (Å²) in [5.41, 5.74) is 1.54. The highest BCUT2D eigenvalue weighted by Crippen LogP contribution is 2.17. The topological polar surface area (TPSA) is 123 Å². The van der Waals surface area contributed by atoms with Crippen LogP contribution in [0.3, 0.4) is 0 Å². The Morgan fingerprint density at radius 1 is 1.20 bits per heavy atom. The van der Waals surface area contributed by atoms with E-state index in [9.17, 15) is 14.7 Å². The van der Waals surface area contributed by atoms with Crippen molar-refractivity contribution in [3.05, 3.63) is 41.6 Å². The Morgan fingerprint density at radius 2 is 2.00 bits per heavy atom. The molecule has 1 atom stereocenters. The quantitative estimate of drug-likeness (QED) is 0.293.